The number of aliphatic hydroxyl groups is 1. The first-order valence-electron chi connectivity index (χ1n) is 5.88. The third-order valence-corrected chi connectivity index (χ3v) is 4.82. The Balaban J connectivity index is 2.94. The van der Waals surface area contributed by atoms with Gasteiger partial charge in [-0.2, -0.15) is 4.31 Å². The molecule has 0 aliphatic carbocycles. The number of nitrogens with zero attached hydrogens (tertiary/aromatic N) is 1. The molecule has 0 saturated carbocycles. The van der Waals surface area contributed by atoms with Gasteiger partial charge in [0.05, 0.1) is 12.4 Å². The van der Waals surface area contributed by atoms with Gasteiger partial charge in [0.15, 0.2) is 0 Å². The first-order valence-corrected chi connectivity index (χ1v) is 7.90. The predicted octanol–water partition coefficient (Wildman–Crippen LogP) is 0.465. The summed E-state index contributed by atoms with van der Waals surface area (Å²) >= 11 is 4.86. The van der Waals surface area contributed by atoms with Gasteiger partial charge in [-0.3, -0.25) is 0 Å². The van der Waals surface area contributed by atoms with Crippen molar-refractivity contribution in [3.05, 3.63) is 35.4 Å². The molecule has 0 aliphatic heterocycles. The largest absolute Gasteiger partial charge is 0.395 e. The molecule has 1 aromatic carbocycles. The number of likely N-dealkylation sites (N-methyl/N-ethyl adjacent to an activating group) is 1. The molecule has 106 valence electrons. The van der Waals surface area contributed by atoms with Crippen molar-refractivity contribution in [2.24, 2.45) is 5.73 Å². The van der Waals surface area contributed by atoms with E-state index in [0.29, 0.717) is 17.7 Å². The van der Waals surface area contributed by atoms with Crippen LogP contribution in [0.5, 0.6) is 0 Å². The molecule has 7 heteroatoms. The first kappa shape index (κ1) is 16.0. The summed E-state index contributed by atoms with van der Waals surface area (Å²) in [5, 5.41) is 8.87. The summed E-state index contributed by atoms with van der Waals surface area (Å²) in [5.41, 5.74) is 6.79. The van der Waals surface area contributed by atoms with Crippen LogP contribution < -0.4 is 5.73 Å². The minimum Gasteiger partial charge on any atom is -0.395 e. The van der Waals surface area contributed by atoms with Crippen molar-refractivity contribution in [3.8, 4) is 0 Å². The number of sulfonamides is 1. The van der Waals surface area contributed by atoms with Crippen molar-refractivity contribution in [3.63, 3.8) is 0 Å². The molecule has 0 saturated heterocycles. The number of rotatable bonds is 7. The van der Waals surface area contributed by atoms with E-state index >= 15 is 0 Å². The minimum atomic E-state index is -3.44. The van der Waals surface area contributed by atoms with Gasteiger partial charge in [0.2, 0.25) is 10.0 Å². The Kier molecular flexibility index (Phi) is 5.86. The fourth-order valence-corrected chi connectivity index (χ4v) is 3.39. The second kappa shape index (κ2) is 6.95. The quantitative estimate of drug-likeness (QED) is 0.715. The van der Waals surface area contributed by atoms with Gasteiger partial charge in [0.1, 0.15) is 4.99 Å². The highest BCUT2D eigenvalue weighted by Gasteiger charge is 2.20. The molecule has 0 fully saturated rings. The number of aliphatic hydroxyl groups excluding tert-OH is 1. The van der Waals surface area contributed by atoms with Crippen LogP contribution in [0, 0.1) is 0 Å². The van der Waals surface area contributed by atoms with Crippen LogP contribution in [0.1, 0.15) is 18.1 Å². The standard InChI is InChI=1S/C12H18N2O3S2/c1-2-14(6-7-15)19(16,17)9-10-4-3-5-11(8-10)12(13)18/h3-5,8,15H,2,6-7,9H2,1H3,(H2,13,18). The van der Waals surface area contributed by atoms with Crippen LogP contribution in [-0.4, -0.2) is 42.5 Å². The molecule has 1 rings (SSSR count). The Morgan fingerprint density at radius 1 is 1.47 bits per heavy atom. The van der Waals surface area contributed by atoms with Gasteiger partial charge in [-0.25, -0.2) is 8.42 Å². The SMILES string of the molecule is CCN(CCO)S(=O)(=O)Cc1cccc(C(N)=S)c1. The van der Waals surface area contributed by atoms with Crippen LogP contribution in [-0.2, 0) is 15.8 Å². The average molecular weight is 302 g/mol. The molecule has 0 amide bonds. The molecule has 0 aliphatic rings. The molecule has 1 aromatic rings. The minimum absolute atomic E-state index is 0.105. The molecule has 0 unspecified atom stereocenters. The highest BCUT2D eigenvalue weighted by molar-refractivity contribution is 7.88. The number of hydrogen-bond donors (Lipinski definition) is 2. The summed E-state index contributed by atoms with van der Waals surface area (Å²) in [7, 11) is -3.44. The van der Waals surface area contributed by atoms with Crippen LogP contribution in [0.25, 0.3) is 0 Å². The molecule has 19 heavy (non-hydrogen) atoms. The smallest absolute Gasteiger partial charge is 0.218 e. The molecular formula is C12H18N2O3S2. The van der Waals surface area contributed by atoms with Gasteiger partial charge in [-0.05, 0) is 11.6 Å². The summed E-state index contributed by atoms with van der Waals surface area (Å²) in [6.07, 6.45) is 0. The van der Waals surface area contributed by atoms with Crippen molar-refractivity contribution in [1.29, 1.82) is 0 Å². The molecule has 0 spiro atoms. The van der Waals surface area contributed by atoms with E-state index in [4.69, 9.17) is 23.1 Å². The van der Waals surface area contributed by atoms with Crippen LogP contribution in [0.15, 0.2) is 24.3 Å². The lowest BCUT2D eigenvalue weighted by molar-refractivity contribution is 0.257. The fourth-order valence-electron chi connectivity index (χ4n) is 1.72. The summed E-state index contributed by atoms with van der Waals surface area (Å²) in [4.78, 5) is 0.238. The van der Waals surface area contributed by atoms with Gasteiger partial charge in [0, 0.05) is 18.7 Å². The van der Waals surface area contributed by atoms with Crippen LogP contribution in [0.4, 0.5) is 0 Å². The monoisotopic (exact) mass is 302 g/mol. The zero-order valence-corrected chi connectivity index (χ0v) is 12.4. The maximum absolute atomic E-state index is 12.2. The highest BCUT2D eigenvalue weighted by atomic mass is 32.2. The third kappa shape index (κ3) is 4.54. The number of nitrogens with two attached hydrogens (primary N) is 1. The van der Waals surface area contributed by atoms with E-state index in [1.807, 2.05) is 0 Å². The Hall–Kier alpha value is -1.02. The summed E-state index contributed by atoms with van der Waals surface area (Å²) in [5.74, 6) is -0.128. The fraction of sp³-hybridized carbons (Fsp3) is 0.417. The van der Waals surface area contributed by atoms with Gasteiger partial charge in [-0.15, -0.1) is 0 Å². The molecule has 0 bridgehead atoms. The lowest BCUT2D eigenvalue weighted by Gasteiger charge is -2.19. The molecule has 3 N–H and O–H groups in total. The van der Waals surface area contributed by atoms with E-state index in [9.17, 15) is 8.42 Å². The molecule has 0 aromatic heterocycles. The molecule has 0 radical (unpaired) electrons. The van der Waals surface area contributed by atoms with Gasteiger partial charge < -0.3 is 10.8 Å². The highest BCUT2D eigenvalue weighted by Crippen LogP contribution is 2.12. The zero-order chi connectivity index (χ0) is 14.5. The van der Waals surface area contributed by atoms with Crippen molar-refractivity contribution < 1.29 is 13.5 Å². The molecule has 0 heterocycles. The van der Waals surface area contributed by atoms with Crippen LogP contribution >= 0.6 is 12.2 Å². The van der Waals surface area contributed by atoms with Crippen molar-refractivity contribution in [1.82, 2.24) is 4.31 Å². The van der Waals surface area contributed by atoms with E-state index in [2.05, 4.69) is 0 Å². The summed E-state index contributed by atoms with van der Waals surface area (Å²) in [6, 6.07) is 6.85. The summed E-state index contributed by atoms with van der Waals surface area (Å²) < 4.78 is 25.6. The van der Waals surface area contributed by atoms with E-state index < -0.39 is 10.0 Å². The van der Waals surface area contributed by atoms with Crippen LogP contribution in [0.2, 0.25) is 0 Å². The van der Waals surface area contributed by atoms with Crippen molar-refractivity contribution in [2.75, 3.05) is 19.7 Å². The maximum Gasteiger partial charge on any atom is 0.218 e. The van der Waals surface area contributed by atoms with Gasteiger partial charge in [-0.1, -0.05) is 37.3 Å². The van der Waals surface area contributed by atoms with E-state index in [-0.39, 0.29) is 23.9 Å². The summed E-state index contributed by atoms with van der Waals surface area (Å²) in [6.45, 7) is 1.98. The molecule has 5 nitrogen and oxygen atoms in total. The Morgan fingerprint density at radius 3 is 2.68 bits per heavy atom. The third-order valence-electron chi connectivity index (χ3n) is 2.66. The molecule has 0 atom stereocenters. The predicted molar refractivity (Wildman–Crippen MR) is 79.3 cm³/mol. The van der Waals surface area contributed by atoms with E-state index in [1.54, 1.807) is 31.2 Å². The molecular weight excluding hydrogens is 284 g/mol. The Bertz CT molecular complexity index is 544. The number of hydrogen-bond acceptors (Lipinski definition) is 4. The topological polar surface area (TPSA) is 83.6 Å². The van der Waals surface area contributed by atoms with E-state index in [1.165, 1.54) is 4.31 Å². The Labute approximate surface area is 119 Å². The van der Waals surface area contributed by atoms with Gasteiger partial charge >= 0.3 is 0 Å². The first-order chi connectivity index (χ1) is 8.90. The zero-order valence-electron chi connectivity index (χ0n) is 10.7. The Morgan fingerprint density at radius 2 is 2.16 bits per heavy atom. The lowest BCUT2D eigenvalue weighted by atomic mass is 10.1. The van der Waals surface area contributed by atoms with Crippen molar-refractivity contribution in [2.45, 2.75) is 12.7 Å². The second-order valence-electron chi connectivity index (χ2n) is 4.04. The van der Waals surface area contributed by atoms with Crippen molar-refractivity contribution >= 4 is 27.2 Å². The van der Waals surface area contributed by atoms with E-state index in [0.717, 1.165) is 0 Å². The maximum atomic E-state index is 12.2. The normalized spacial score (nSPS) is 11.7. The average Bonchev–Trinajstić information content (AvgIpc) is 2.35. The second-order valence-corrected chi connectivity index (χ2v) is 6.44. The number of thiocarbonyl (C=S) groups is 1. The number of benzene rings is 1. The van der Waals surface area contributed by atoms with Crippen LogP contribution in [0.3, 0.4) is 0 Å². The van der Waals surface area contributed by atoms with Gasteiger partial charge in [0.25, 0.3) is 0 Å². The lowest BCUT2D eigenvalue weighted by Crippen LogP contribution is -2.34.